The monoisotopic (exact) mass is 221 g/mol. The van der Waals surface area contributed by atoms with Crippen LogP contribution in [0, 0.1) is 18.3 Å². The van der Waals surface area contributed by atoms with E-state index in [1.54, 1.807) is 27.7 Å². The van der Waals surface area contributed by atoms with Crippen LogP contribution in [0.2, 0.25) is 0 Å². The minimum Gasteiger partial charge on any atom is -0.287 e. The largest absolute Gasteiger partial charge is 0.332 e. The molecule has 1 aromatic heterocycles. The normalized spacial score (nSPS) is 11.2. The molecule has 0 atom stereocenters. The third-order valence-electron chi connectivity index (χ3n) is 2.47. The molecule has 0 amide bonds. The maximum Gasteiger partial charge on any atom is 0.332 e. The molecule has 16 heavy (non-hydrogen) atoms. The first-order chi connectivity index (χ1) is 7.21. The summed E-state index contributed by atoms with van der Waals surface area (Å²) >= 11 is 0. The van der Waals surface area contributed by atoms with E-state index in [4.69, 9.17) is 5.26 Å². The number of nitrogens with zero attached hydrogens (tertiary/aromatic N) is 3. The topological polar surface area (TPSA) is 67.8 Å². The fourth-order valence-electron chi connectivity index (χ4n) is 1.60. The number of nitriles is 1. The summed E-state index contributed by atoms with van der Waals surface area (Å²) in [7, 11) is 1.50. The third kappa shape index (κ3) is 1.67. The molecule has 0 saturated carbocycles. The van der Waals surface area contributed by atoms with E-state index in [9.17, 15) is 9.59 Å². The minimum atomic E-state index is -0.593. The molecule has 1 heterocycles. The molecule has 0 radical (unpaired) electrons. The zero-order chi connectivity index (χ0) is 12.7. The van der Waals surface area contributed by atoms with Crippen LogP contribution < -0.4 is 11.2 Å². The summed E-state index contributed by atoms with van der Waals surface area (Å²) in [5.41, 5.74) is -1.02. The van der Waals surface area contributed by atoms with Crippen LogP contribution in [0.1, 0.15) is 32.0 Å². The highest BCUT2D eigenvalue weighted by molar-refractivity contribution is 5.28. The van der Waals surface area contributed by atoms with Gasteiger partial charge in [0.15, 0.2) is 0 Å². The first-order valence-electron chi connectivity index (χ1n) is 4.95. The Hall–Kier alpha value is -1.83. The summed E-state index contributed by atoms with van der Waals surface area (Å²) in [6.45, 7) is 6.90. The van der Waals surface area contributed by atoms with E-state index in [0.717, 1.165) is 0 Å². The summed E-state index contributed by atoms with van der Waals surface area (Å²) in [4.78, 5) is 23.9. The Morgan fingerprint density at radius 3 is 2.12 bits per heavy atom. The predicted molar refractivity (Wildman–Crippen MR) is 60.4 cm³/mol. The maximum absolute atomic E-state index is 12.0. The molecule has 1 aromatic rings. The Labute approximate surface area is 93.6 Å². The lowest BCUT2D eigenvalue weighted by atomic mass is 10.1. The van der Waals surface area contributed by atoms with Crippen molar-refractivity contribution in [1.82, 2.24) is 9.13 Å². The van der Waals surface area contributed by atoms with Crippen LogP contribution in [0.5, 0.6) is 0 Å². The van der Waals surface area contributed by atoms with Gasteiger partial charge in [-0.05, 0) is 27.7 Å². The van der Waals surface area contributed by atoms with Crippen LogP contribution in [0.25, 0.3) is 0 Å². The van der Waals surface area contributed by atoms with E-state index < -0.39 is 16.8 Å². The van der Waals surface area contributed by atoms with Gasteiger partial charge in [-0.15, -0.1) is 0 Å². The number of hydrogen-bond acceptors (Lipinski definition) is 3. The van der Waals surface area contributed by atoms with Crippen LogP contribution >= 0.6 is 0 Å². The van der Waals surface area contributed by atoms with Gasteiger partial charge in [-0.2, -0.15) is 5.26 Å². The molecule has 0 aromatic carbocycles. The average Bonchev–Trinajstić information content (AvgIpc) is 2.14. The first-order valence-corrected chi connectivity index (χ1v) is 4.95. The van der Waals surface area contributed by atoms with Crippen molar-refractivity contribution in [3.63, 3.8) is 0 Å². The highest BCUT2D eigenvalue weighted by Gasteiger charge is 2.22. The van der Waals surface area contributed by atoms with E-state index in [0.29, 0.717) is 5.56 Å². The van der Waals surface area contributed by atoms with Crippen LogP contribution in [0.15, 0.2) is 9.59 Å². The van der Waals surface area contributed by atoms with Gasteiger partial charge in [0.1, 0.15) is 11.8 Å². The zero-order valence-electron chi connectivity index (χ0n) is 10.2. The minimum absolute atomic E-state index is 0.121. The molecule has 0 fully saturated rings. The molecule has 0 aliphatic heterocycles. The Kier molecular flexibility index (Phi) is 2.78. The highest BCUT2D eigenvalue weighted by Crippen LogP contribution is 2.08. The summed E-state index contributed by atoms with van der Waals surface area (Å²) in [5.74, 6) is 0. The van der Waals surface area contributed by atoms with Crippen LogP contribution in [-0.4, -0.2) is 9.13 Å². The van der Waals surface area contributed by atoms with Gasteiger partial charge in [0, 0.05) is 18.2 Å². The number of aromatic nitrogens is 2. The Bertz CT molecular complexity index is 542. The quantitative estimate of drug-likeness (QED) is 0.640. The van der Waals surface area contributed by atoms with E-state index in [-0.39, 0.29) is 5.69 Å². The second-order valence-electron chi connectivity index (χ2n) is 4.74. The molecule has 5 nitrogen and oxygen atoms in total. The highest BCUT2D eigenvalue weighted by atomic mass is 16.2. The van der Waals surface area contributed by atoms with Gasteiger partial charge in [-0.3, -0.25) is 13.9 Å². The molecule has 86 valence electrons. The molecule has 0 unspecified atom stereocenters. The fraction of sp³-hybridized carbons (Fsp3) is 0.545. The van der Waals surface area contributed by atoms with Gasteiger partial charge < -0.3 is 0 Å². The number of rotatable bonds is 0. The SMILES string of the molecule is Cc1c(C#N)n(C)c(=O)n(C(C)(C)C)c1=O. The Morgan fingerprint density at radius 1 is 1.25 bits per heavy atom. The predicted octanol–water partition coefficient (Wildman–Crippen LogP) is 0.482. The molecule has 5 heteroatoms. The van der Waals surface area contributed by atoms with E-state index in [1.807, 2.05) is 6.07 Å². The standard InChI is InChI=1S/C11H15N3O2/c1-7-8(6-12)13(5)10(16)14(9(7)15)11(2,3)4/h1-5H3. The lowest BCUT2D eigenvalue weighted by Crippen LogP contribution is -2.48. The van der Waals surface area contributed by atoms with Crippen molar-refractivity contribution in [3.05, 3.63) is 32.1 Å². The van der Waals surface area contributed by atoms with E-state index in [1.165, 1.54) is 16.2 Å². The van der Waals surface area contributed by atoms with Crippen molar-refractivity contribution in [2.24, 2.45) is 7.05 Å². The molecule has 0 aliphatic carbocycles. The lowest BCUT2D eigenvalue weighted by molar-refractivity contribution is 0.355. The second-order valence-corrected chi connectivity index (χ2v) is 4.74. The van der Waals surface area contributed by atoms with Crippen molar-refractivity contribution in [3.8, 4) is 6.07 Å². The van der Waals surface area contributed by atoms with Gasteiger partial charge >= 0.3 is 5.69 Å². The van der Waals surface area contributed by atoms with Crippen LogP contribution in [0.4, 0.5) is 0 Å². The van der Waals surface area contributed by atoms with Crippen LogP contribution in [0.3, 0.4) is 0 Å². The van der Waals surface area contributed by atoms with E-state index >= 15 is 0 Å². The molecule has 0 bridgehead atoms. The molecule has 0 N–H and O–H groups in total. The van der Waals surface area contributed by atoms with Crippen molar-refractivity contribution in [1.29, 1.82) is 5.26 Å². The molecule has 0 saturated heterocycles. The van der Waals surface area contributed by atoms with Gasteiger partial charge in [0.05, 0.1) is 0 Å². The molecule has 0 aliphatic rings. The third-order valence-corrected chi connectivity index (χ3v) is 2.47. The maximum atomic E-state index is 12.0. The van der Waals surface area contributed by atoms with Crippen molar-refractivity contribution >= 4 is 0 Å². The summed E-state index contributed by atoms with van der Waals surface area (Å²) in [6, 6.07) is 1.87. The van der Waals surface area contributed by atoms with Gasteiger partial charge in [0.2, 0.25) is 0 Å². The first kappa shape index (κ1) is 12.2. The second kappa shape index (κ2) is 3.63. The lowest BCUT2D eigenvalue weighted by Gasteiger charge is -2.22. The summed E-state index contributed by atoms with van der Waals surface area (Å²) in [6.07, 6.45) is 0. The summed E-state index contributed by atoms with van der Waals surface area (Å²) in [5, 5.41) is 8.88. The number of hydrogen-bond donors (Lipinski definition) is 0. The zero-order valence-corrected chi connectivity index (χ0v) is 10.2. The molecule has 0 spiro atoms. The fourth-order valence-corrected chi connectivity index (χ4v) is 1.60. The molecular weight excluding hydrogens is 206 g/mol. The van der Waals surface area contributed by atoms with Crippen molar-refractivity contribution in [2.75, 3.05) is 0 Å². The average molecular weight is 221 g/mol. The molecular formula is C11H15N3O2. The van der Waals surface area contributed by atoms with E-state index in [2.05, 4.69) is 0 Å². The Morgan fingerprint density at radius 2 is 1.75 bits per heavy atom. The Balaban J connectivity index is 3.92. The van der Waals surface area contributed by atoms with Crippen molar-refractivity contribution < 1.29 is 0 Å². The van der Waals surface area contributed by atoms with Gasteiger partial charge in [-0.1, -0.05) is 0 Å². The van der Waals surface area contributed by atoms with Gasteiger partial charge in [-0.25, -0.2) is 4.79 Å². The van der Waals surface area contributed by atoms with Crippen molar-refractivity contribution in [2.45, 2.75) is 33.2 Å². The molecule has 1 rings (SSSR count). The smallest absolute Gasteiger partial charge is 0.287 e. The summed E-state index contributed by atoms with van der Waals surface area (Å²) < 4.78 is 2.38. The van der Waals surface area contributed by atoms with Crippen LogP contribution in [-0.2, 0) is 12.6 Å². The van der Waals surface area contributed by atoms with Gasteiger partial charge in [0.25, 0.3) is 5.56 Å².